The Labute approximate surface area is 198 Å². The van der Waals surface area contributed by atoms with Crippen molar-refractivity contribution in [3.63, 3.8) is 0 Å². The zero-order valence-corrected chi connectivity index (χ0v) is 19.3. The molecule has 5 N–H and O–H groups in total. The number of benzene rings is 1. The van der Waals surface area contributed by atoms with Crippen molar-refractivity contribution in [2.45, 2.75) is 29.8 Å². The highest BCUT2D eigenvalue weighted by Gasteiger charge is 2.45. The van der Waals surface area contributed by atoms with Crippen LogP contribution in [-0.2, 0) is 24.4 Å². The summed E-state index contributed by atoms with van der Waals surface area (Å²) in [5, 5.41) is 18.3. The molecule has 0 saturated carbocycles. The lowest BCUT2D eigenvalue weighted by Gasteiger charge is -2.31. The van der Waals surface area contributed by atoms with Gasteiger partial charge in [-0.3, -0.25) is 4.79 Å². The summed E-state index contributed by atoms with van der Waals surface area (Å²) in [6, 6.07) is 4.02. The fraction of sp³-hybridized carbons (Fsp3) is 0.333. The van der Waals surface area contributed by atoms with Crippen molar-refractivity contribution >= 4 is 56.8 Å². The summed E-state index contributed by atoms with van der Waals surface area (Å²) < 4.78 is 28.3. The van der Waals surface area contributed by atoms with E-state index in [4.69, 9.17) is 28.0 Å². The van der Waals surface area contributed by atoms with Crippen LogP contribution in [0.4, 0.5) is 5.95 Å². The molecule has 0 saturated heterocycles. The number of anilines is 1. The van der Waals surface area contributed by atoms with E-state index in [2.05, 4.69) is 30.5 Å². The van der Waals surface area contributed by atoms with Gasteiger partial charge in [-0.1, -0.05) is 34.4 Å². The Morgan fingerprint density at radius 1 is 1.27 bits per heavy atom. The number of aromatic nitrogens is 2. The maximum absolute atomic E-state index is 13.1. The van der Waals surface area contributed by atoms with Gasteiger partial charge < -0.3 is 25.6 Å². The van der Waals surface area contributed by atoms with Gasteiger partial charge in [0.1, 0.15) is 17.2 Å². The molecule has 15 heteroatoms. The molecule has 178 valence electrons. The number of sulfonamides is 1. The van der Waals surface area contributed by atoms with Crippen molar-refractivity contribution in [2.24, 2.45) is 5.16 Å². The lowest BCUT2D eigenvalue weighted by Crippen LogP contribution is -2.66. The molecule has 1 amide bonds. The molecule has 2 heterocycles. The Balaban J connectivity index is 1.89. The molecule has 1 atom stereocenters. The number of halogens is 2. The summed E-state index contributed by atoms with van der Waals surface area (Å²) in [4.78, 5) is 36.1. The molecule has 12 nitrogen and oxygen atoms in total. The molecule has 0 aliphatic carbocycles. The number of aliphatic carboxylic acids is 1. The molecule has 1 aliphatic heterocycles. The summed E-state index contributed by atoms with van der Waals surface area (Å²) in [6.45, 7) is 0.369. The number of rotatable bonds is 11. The lowest BCUT2D eigenvalue weighted by molar-refractivity contribution is -0.147. The van der Waals surface area contributed by atoms with Crippen LogP contribution < -0.4 is 15.4 Å². The van der Waals surface area contributed by atoms with E-state index in [0.29, 0.717) is 5.95 Å². The van der Waals surface area contributed by atoms with Gasteiger partial charge in [0.2, 0.25) is 15.7 Å². The van der Waals surface area contributed by atoms with E-state index in [1.165, 1.54) is 24.4 Å². The lowest BCUT2D eigenvalue weighted by atomic mass is 10.0. The molecule has 0 spiro atoms. The first-order valence-corrected chi connectivity index (χ1v) is 11.8. The first-order valence-electron chi connectivity index (χ1n) is 9.60. The predicted molar refractivity (Wildman–Crippen MR) is 120 cm³/mol. The molecule has 3 rings (SSSR count). The molecular formula is C18H20Cl2N6O6S. The number of aromatic amines is 1. The first-order chi connectivity index (χ1) is 15.6. The number of carbonyl (C=O) groups is 2. The maximum atomic E-state index is 13.1. The molecular weight excluding hydrogens is 499 g/mol. The van der Waals surface area contributed by atoms with Gasteiger partial charge in [0.25, 0.3) is 5.91 Å². The molecule has 1 aromatic heterocycles. The Bertz CT molecular complexity index is 1140. The van der Waals surface area contributed by atoms with Gasteiger partial charge in [0.05, 0.1) is 10.0 Å². The minimum Gasteiger partial charge on any atom is -0.478 e. The van der Waals surface area contributed by atoms with Gasteiger partial charge in [0, 0.05) is 25.4 Å². The highest BCUT2D eigenvalue weighted by Crippen LogP contribution is 2.30. The number of amides is 1. The van der Waals surface area contributed by atoms with E-state index in [1.807, 2.05) is 0 Å². The third kappa shape index (κ3) is 5.93. The topological polar surface area (TPSA) is 175 Å². The Morgan fingerprint density at radius 2 is 2.00 bits per heavy atom. The maximum Gasteiger partial charge on any atom is 0.345 e. The van der Waals surface area contributed by atoms with E-state index in [-0.39, 0.29) is 48.2 Å². The molecule has 0 bridgehead atoms. The summed E-state index contributed by atoms with van der Waals surface area (Å²) in [7, 11) is -4.59. The average molecular weight is 519 g/mol. The molecule has 2 aromatic rings. The van der Waals surface area contributed by atoms with E-state index in [0.717, 1.165) is 0 Å². The van der Waals surface area contributed by atoms with Crippen molar-refractivity contribution in [3.05, 3.63) is 40.6 Å². The van der Waals surface area contributed by atoms with Gasteiger partial charge in [-0.25, -0.2) is 18.2 Å². The third-order valence-electron chi connectivity index (χ3n) is 4.57. The third-order valence-corrected chi connectivity index (χ3v) is 7.02. The van der Waals surface area contributed by atoms with Crippen LogP contribution in [0.1, 0.15) is 19.3 Å². The van der Waals surface area contributed by atoms with Crippen molar-refractivity contribution in [1.82, 2.24) is 20.0 Å². The molecule has 1 aliphatic rings. The SMILES string of the molecule is O=C(NC(CCCNc1ncc[nH]1)(NS(=O)(=O)c1c(Cl)cccc1Cl)C(=O)O)C1=NOCC1. The van der Waals surface area contributed by atoms with Gasteiger partial charge in [-0.15, -0.1) is 0 Å². The number of hydrogen-bond acceptors (Lipinski definition) is 8. The van der Waals surface area contributed by atoms with Crippen LogP contribution >= 0.6 is 23.2 Å². The van der Waals surface area contributed by atoms with E-state index >= 15 is 0 Å². The number of oxime groups is 1. The first kappa shape index (κ1) is 24.8. The van der Waals surface area contributed by atoms with Gasteiger partial charge in [0.15, 0.2) is 5.95 Å². The van der Waals surface area contributed by atoms with Gasteiger partial charge in [-0.05, 0) is 25.0 Å². The number of nitrogens with zero attached hydrogens (tertiary/aromatic N) is 2. The van der Waals surface area contributed by atoms with E-state index < -0.39 is 32.5 Å². The molecule has 1 unspecified atom stereocenters. The van der Waals surface area contributed by atoms with Crippen LogP contribution in [0, 0.1) is 0 Å². The van der Waals surface area contributed by atoms with Crippen molar-refractivity contribution < 1.29 is 28.0 Å². The van der Waals surface area contributed by atoms with Crippen LogP contribution in [-0.4, -0.2) is 59.9 Å². The zero-order valence-electron chi connectivity index (χ0n) is 17.0. The monoisotopic (exact) mass is 518 g/mol. The average Bonchev–Trinajstić information content (AvgIpc) is 3.44. The Kier molecular flexibility index (Phi) is 7.79. The fourth-order valence-electron chi connectivity index (χ4n) is 3.02. The second kappa shape index (κ2) is 10.4. The summed E-state index contributed by atoms with van der Waals surface area (Å²) in [5.74, 6) is -2.08. The molecule has 0 radical (unpaired) electrons. The smallest absolute Gasteiger partial charge is 0.345 e. The largest absolute Gasteiger partial charge is 0.478 e. The fourth-order valence-corrected chi connectivity index (χ4v) is 5.48. The summed E-state index contributed by atoms with van der Waals surface area (Å²) in [5.41, 5.74) is -2.50. The van der Waals surface area contributed by atoms with Crippen molar-refractivity contribution in [2.75, 3.05) is 18.5 Å². The van der Waals surface area contributed by atoms with Gasteiger partial charge in [-0.2, -0.15) is 4.72 Å². The quantitative estimate of drug-likeness (QED) is 0.220. The number of carboxylic acids is 1. The van der Waals surface area contributed by atoms with E-state index in [1.54, 1.807) is 6.20 Å². The standard InChI is InChI=1S/C18H20Cl2N6O6S/c19-11-3-1-4-12(20)14(11)33(30,31)26-18(16(28)29,24-15(27)13-5-10-32-25-13)6-2-7-21-17-22-8-9-23-17/h1,3-4,8-9,26H,2,5-7,10H2,(H,24,27)(H,28,29)(H2,21,22,23). The van der Waals surface area contributed by atoms with Crippen molar-refractivity contribution in [3.8, 4) is 0 Å². The van der Waals surface area contributed by atoms with Crippen LogP contribution in [0.3, 0.4) is 0 Å². The normalized spacial score (nSPS) is 15.3. The van der Waals surface area contributed by atoms with E-state index in [9.17, 15) is 23.1 Å². The number of carboxylic acid groups (broad SMARTS) is 1. The highest BCUT2D eigenvalue weighted by atomic mass is 35.5. The predicted octanol–water partition coefficient (Wildman–Crippen LogP) is 1.56. The van der Waals surface area contributed by atoms with Crippen LogP contribution in [0.25, 0.3) is 0 Å². The minimum absolute atomic E-state index is 0.0655. The number of hydrogen-bond donors (Lipinski definition) is 5. The van der Waals surface area contributed by atoms with Crippen LogP contribution in [0.2, 0.25) is 10.0 Å². The number of nitrogens with one attached hydrogen (secondary N) is 4. The molecule has 1 aromatic carbocycles. The second-order valence-corrected chi connectivity index (χ2v) is 9.34. The Hall–Kier alpha value is -2.87. The second-order valence-electron chi connectivity index (χ2n) is 6.91. The number of imidazole rings is 1. The minimum atomic E-state index is -4.59. The summed E-state index contributed by atoms with van der Waals surface area (Å²) in [6.07, 6.45) is 3.04. The molecule has 0 fully saturated rings. The molecule has 33 heavy (non-hydrogen) atoms. The summed E-state index contributed by atoms with van der Waals surface area (Å²) >= 11 is 12.0. The zero-order chi connectivity index (χ0) is 24.1. The number of H-pyrrole nitrogens is 1. The van der Waals surface area contributed by atoms with Gasteiger partial charge >= 0.3 is 5.97 Å². The van der Waals surface area contributed by atoms with Crippen molar-refractivity contribution in [1.29, 1.82) is 0 Å². The number of carbonyl (C=O) groups excluding carboxylic acids is 1. The van der Waals surface area contributed by atoms with Crippen LogP contribution in [0.15, 0.2) is 40.6 Å². The highest BCUT2D eigenvalue weighted by molar-refractivity contribution is 7.89. The van der Waals surface area contributed by atoms with Crippen LogP contribution in [0.5, 0.6) is 0 Å². The Morgan fingerprint density at radius 3 is 2.58 bits per heavy atom.